The molecule has 94 valence electrons. The van der Waals surface area contributed by atoms with Crippen LogP contribution in [-0.2, 0) is 6.54 Å². The third-order valence-corrected chi connectivity index (χ3v) is 3.42. The summed E-state index contributed by atoms with van der Waals surface area (Å²) in [6, 6.07) is 3.84. The highest BCUT2D eigenvalue weighted by Crippen LogP contribution is 2.17. The largest absolute Gasteiger partial charge is 0.476 e. The highest BCUT2D eigenvalue weighted by atomic mass is 79.9. The average molecular weight is 329 g/mol. The summed E-state index contributed by atoms with van der Waals surface area (Å²) in [5.41, 5.74) is -0.0400. The van der Waals surface area contributed by atoms with Crippen LogP contribution < -0.4 is 0 Å². The number of carbonyl (C=O) groups is 1. The van der Waals surface area contributed by atoms with Gasteiger partial charge in [0.25, 0.3) is 0 Å². The van der Waals surface area contributed by atoms with Crippen molar-refractivity contribution in [3.05, 3.63) is 34.7 Å². The number of hydrogen-bond acceptors (Lipinski definition) is 5. The summed E-state index contributed by atoms with van der Waals surface area (Å²) in [4.78, 5) is 14.8. The van der Waals surface area contributed by atoms with E-state index in [2.05, 4.69) is 31.2 Å². The first-order valence-corrected chi connectivity index (χ1v) is 6.81. The molecule has 0 aliphatic heterocycles. The molecule has 6 nitrogen and oxygen atoms in total. The van der Waals surface area contributed by atoms with Crippen molar-refractivity contribution in [2.75, 3.05) is 5.75 Å². The maximum absolute atomic E-state index is 10.6. The lowest BCUT2D eigenvalue weighted by Gasteiger charge is -2.00. The Morgan fingerprint density at radius 1 is 1.50 bits per heavy atom. The minimum absolute atomic E-state index is 0.0400. The van der Waals surface area contributed by atoms with Crippen molar-refractivity contribution in [1.82, 2.24) is 20.0 Å². The molecule has 0 aromatic carbocycles. The van der Waals surface area contributed by atoms with Gasteiger partial charge in [-0.05, 0) is 28.1 Å². The van der Waals surface area contributed by atoms with Gasteiger partial charge in [-0.2, -0.15) is 0 Å². The molecule has 2 rings (SSSR count). The number of pyridine rings is 1. The molecule has 0 aliphatic carbocycles. The highest BCUT2D eigenvalue weighted by molar-refractivity contribution is 9.10. The van der Waals surface area contributed by atoms with E-state index in [4.69, 9.17) is 5.11 Å². The fraction of sp³-hybridized carbons (Fsp3) is 0.200. The fourth-order valence-corrected chi connectivity index (χ4v) is 2.21. The first-order chi connectivity index (χ1) is 8.65. The second-order valence-electron chi connectivity index (χ2n) is 3.34. The molecule has 1 N–H and O–H groups in total. The topological polar surface area (TPSA) is 80.9 Å². The van der Waals surface area contributed by atoms with Crippen molar-refractivity contribution in [3.8, 4) is 0 Å². The van der Waals surface area contributed by atoms with Gasteiger partial charge in [0, 0.05) is 16.4 Å². The van der Waals surface area contributed by atoms with Crippen LogP contribution in [0.3, 0.4) is 0 Å². The fourth-order valence-electron chi connectivity index (χ4n) is 1.20. The zero-order valence-corrected chi connectivity index (χ0v) is 11.6. The summed E-state index contributed by atoms with van der Waals surface area (Å²) < 4.78 is 2.45. The van der Waals surface area contributed by atoms with Gasteiger partial charge in [-0.25, -0.2) is 9.78 Å². The first-order valence-electron chi connectivity index (χ1n) is 5.03. The number of aromatic carboxylic acids is 1. The average Bonchev–Trinajstić information content (AvgIpc) is 2.81. The molecule has 2 heterocycles. The summed E-state index contributed by atoms with van der Waals surface area (Å²) in [6.07, 6.45) is 3.15. The van der Waals surface area contributed by atoms with Crippen molar-refractivity contribution in [1.29, 1.82) is 0 Å². The van der Waals surface area contributed by atoms with E-state index in [-0.39, 0.29) is 5.69 Å². The second kappa shape index (κ2) is 5.96. The lowest BCUT2D eigenvalue weighted by atomic mass is 10.5. The number of carboxylic acid groups (broad SMARTS) is 1. The molecule has 0 bridgehead atoms. The van der Waals surface area contributed by atoms with Crippen molar-refractivity contribution in [3.63, 3.8) is 0 Å². The molecule has 2 aromatic heterocycles. The van der Waals surface area contributed by atoms with Gasteiger partial charge in [-0.15, -0.1) is 16.9 Å². The number of thioether (sulfide) groups is 1. The Morgan fingerprint density at radius 3 is 2.94 bits per heavy atom. The third kappa shape index (κ3) is 3.54. The highest BCUT2D eigenvalue weighted by Gasteiger charge is 2.07. The van der Waals surface area contributed by atoms with Crippen molar-refractivity contribution >= 4 is 33.7 Å². The molecule has 0 atom stereocenters. The van der Waals surface area contributed by atoms with E-state index in [0.717, 1.165) is 15.3 Å². The first kappa shape index (κ1) is 13.0. The minimum Gasteiger partial charge on any atom is -0.476 e. The molecular formula is C10H9BrN4O2S. The Labute approximate surface area is 116 Å². The quantitative estimate of drug-likeness (QED) is 0.844. The maximum Gasteiger partial charge on any atom is 0.358 e. The van der Waals surface area contributed by atoms with Crippen LogP contribution in [0, 0.1) is 0 Å². The molecule has 0 spiro atoms. The lowest BCUT2D eigenvalue weighted by Crippen LogP contribution is -2.01. The standard InChI is InChI=1S/C10H9BrN4O2S/c11-7-1-2-9(12-5-7)18-4-3-15-6-8(10(16)17)13-14-15/h1-2,5-6H,3-4H2,(H,16,17). The molecule has 8 heteroatoms. The monoisotopic (exact) mass is 328 g/mol. The Kier molecular flexibility index (Phi) is 4.32. The van der Waals surface area contributed by atoms with Gasteiger partial charge in [-0.1, -0.05) is 5.21 Å². The number of aryl methyl sites for hydroxylation is 1. The van der Waals surface area contributed by atoms with Crippen LogP contribution in [0.1, 0.15) is 10.5 Å². The molecule has 2 aromatic rings. The Morgan fingerprint density at radius 2 is 2.33 bits per heavy atom. The van der Waals surface area contributed by atoms with E-state index in [0.29, 0.717) is 6.54 Å². The van der Waals surface area contributed by atoms with Gasteiger partial charge in [0.15, 0.2) is 5.69 Å². The number of rotatable bonds is 5. The summed E-state index contributed by atoms with van der Waals surface area (Å²) in [5.74, 6) is -0.319. The van der Waals surface area contributed by atoms with E-state index < -0.39 is 5.97 Å². The predicted molar refractivity (Wildman–Crippen MR) is 69.6 cm³/mol. The Hall–Kier alpha value is -1.41. The second-order valence-corrected chi connectivity index (χ2v) is 5.37. The number of halogens is 1. The third-order valence-electron chi connectivity index (χ3n) is 2.03. The van der Waals surface area contributed by atoms with Gasteiger partial charge in [0.2, 0.25) is 0 Å². The van der Waals surface area contributed by atoms with E-state index in [1.807, 2.05) is 12.1 Å². The molecule has 0 unspecified atom stereocenters. The molecule has 0 fully saturated rings. The molecule has 0 amide bonds. The van der Waals surface area contributed by atoms with Gasteiger partial charge in [0.1, 0.15) is 0 Å². The maximum atomic E-state index is 10.6. The van der Waals surface area contributed by atoms with Crippen molar-refractivity contribution in [2.45, 2.75) is 11.6 Å². The Balaban J connectivity index is 1.84. The van der Waals surface area contributed by atoms with Crippen LogP contribution in [0.2, 0.25) is 0 Å². The summed E-state index contributed by atoms with van der Waals surface area (Å²) in [6.45, 7) is 0.586. The van der Waals surface area contributed by atoms with E-state index in [1.165, 1.54) is 10.9 Å². The van der Waals surface area contributed by atoms with Crippen molar-refractivity contribution < 1.29 is 9.90 Å². The predicted octanol–water partition coefficient (Wildman–Crippen LogP) is 1.93. The van der Waals surface area contributed by atoms with Crippen LogP contribution in [0.5, 0.6) is 0 Å². The van der Waals surface area contributed by atoms with Gasteiger partial charge in [0.05, 0.1) is 17.8 Å². The van der Waals surface area contributed by atoms with Crippen LogP contribution in [0.4, 0.5) is 0 Å². The number of nitrogens with zero attached hydrogens (tertiary/aromatic N) is 4. The van der Waals surface area contributed by atoms with Crippen LogP contribution >= 0.6 is 27.7 Å². The molecule has 0 saturated heterocycles. The normalized spacial score (nSPS) is 10.5. The zero-order valence-electron chi connectivity index (χ0n) is 9.15. The van der Waals surface area contributed by atoms with Crippen LogP contribution in [0.25, 0.3) is 0 Å². The molecule has 0 saturated carbocycles. The minimum atomic E-state index is -1.07. The summed E-state index contributed by atoms with van der Waals surface area (Å²) in [7, 11) is 0. The summed E-state index contributed by atoms with van der Waals surface area (Å²) >= 11 is 4.89. The number of aromatic nitrogens is 4. The zero-order chi connectivity index (χ0) is 13.0. The van der Waals surface area contributed by atoms with Gasteiger partial charge in [-0.3, -0.25) is 4.68 Å². The lowest BCUT2D eigenvalue weighted by molar-refractivity contribution is 0.0690. The van der Waals surface area contributed by atoms with Gasteiger partial charge < -0.3 is 5.11 Å². The van der Waals surface area contributed by atoms with Crippen molar-refractivity contribution in [2.24, 2.45) is 0 Å². The van der Waals surface area contributed by atoms with Gasteiger partial charge >= 0.3 is 5.97 Å². The molecular weight excluding hydrogens is 320 g/mol. The summed E-state index contributed by atoms with van der Waals surface area (Å²) in [5, 5.41) is 16.9. The Bertz CT molecular complexity index is 543. The van der Waals surface area contributed by atoms with E-state index in [9.17, 15) is 4.79 Å². The van der Waals surface area contributed by atoms with E-state index >= 15 is 0 Å². The molecule has 0 aliphatic rings. The smallest absolute Gasteiger partial charge is 0.358 e. The van der Waals surface area contributed by atoms with Crippen LogP contribution in [0.15, 0.2) is 34.0 Å². The van der Waals surface area contributed by atoms with E-state index in [1.54, 1.807) is 18.0 Å². The van der Waals surface area contributed by atoms with Crippen LogP contribution in [-0.4, -0.2) is 36.8 Å². The number of hydrogen-bond donors (Lipinski definition) is 1. The molecule has 0 radical (unpaired) electrons. The molecule has 18 heavy (non-hydrogen) atoms. The number of carboxylic acids is 1. The SMILES string of the molecule is O=C(O)c1cn(CCSc2ccc(Br)cn2)nn1.